The van der Waals surface area contributed by atoms with E-state index in [2.05, 4.69) is 10.6 Å². The molecule has 28 heavy (non-hydrogen) atoms. The van der Waals surface area contributed by atoms with Crippen molar-refractivity contribution in [3.63, 3.8) is 0 Å². The van der Waals surface area contributed by atoms with Gasteiger partial charge in [-0.2, -0.15) is 13.2 Å². The van der Waals surface area contributed by atoms with Crippen LogP contribution in [0.3, 0.4) is 0 Å². The number of aryl methyl sites for hydroxylation is 1. The third-order valence-corrected chi connectivity index (χ3v) is 4.33. The molecule has 3 nitrogen and oxygen atoms in total. The number of ether oxygens (including phenoxy) is 1. The summed E-state index contributed by atoms with van der Waals surface area (Å²) in [7, 11) is 0. The first-order chi connectivity index (χ1) is 13.1. The molecule has 0 fully saturated rings. The molecule has 0 saturated heterocycles. The van der Waals surface area contributed by atoms with Crippen molar-refractivity contribution in [2.24, 2.45) is 0 Å². The van der Waals surface area contributed by atoms with Crippen molar-refractivity contribution in [3.8, 4) is 5.75 Å². The van der Waals surface area contributed by atoms with Gasteiger partial charge in [0.25, 0.3) is 0 Å². The van der Waals surface area contributed by atoms with Gasteiger partial charge in [-0.3, -0.25) is 0 Å². The van der Waals surface area contributed by atoms with Crippen LogP contribution in [-0.4, -0.2) is 17.8 Å². The number of halogens is 4. The van der Waals surface area contributed by atoms with E-state index in [-0.39, 0.29) is 21.9 Å². The van der Waals surface area contributed by atoms with Crippen LogP contribution in [0.2, 0.25) is 5.02 Å². The second-order valence-corrected chi connectivity index (χ2v) is 7.30. The molecule has 0 aliphatic rings. The van der Waals surface area contributed by atoms with Crippen LogP contribution in [0.4, 0.5) is 18.9 Å². The lowest BCUT2D eigenvalue weighted by Gasteiger charge is -2.14. The number of nitrogens with one attached hydrogen (secondary N) is 2. The second-order valence-electron chi connectivity index (χ2n) is 6.49. The molecule has 152 valence electrons. The minimum absolute atomic E-state index is 0.136. The van der Waals surface area contributed by atoms with Crippen molar-refractivity contribution in [3.05, 3.63) is 58.6 Å². The fraction of sp³-hybridized carbons (Fsp3) is 0.350. The molecule has 2 N–H and O–H groups in total. The predicted molar refractivity (Wildman–Crippen MR) is 111 cm³/mol. The number of anilines is 1. The van der Waals surface area contributed by atoms with E-state index in [4.69, 9.17) is 28.6 Å². The lowest BCUT2D eigenvalue weighted by atomic mass is 10.1. The van der Waals surface area contributed by atoms with Gasteiger partial charge in [0.05, 0.1) is 16.7 Å². The van der Waals surface area contributed by atoms with Crippen LogP contribution in [0, 0.1) is 0 Å². The van der Waals surface area contributed by atoms with E-state index in [0.717, 1.165) is 24.7 Å². The Hall–Kier alpha value is -1.99. The molecule has 0 radical (unpaired) electrons. The van der Waals surface area contributed by atoms with Gasteiger partial charge in [0.1, 0.15) is 5.75 Å². The van der Waals surface area contributed by atoms with Crippen molar-refractivity contribution < 1.29 is 17.9 Å². The molecule has 2 rings (SSSR count). The van der Waals surface area contributed by atoms with Crippen molar-refractivity contribution in [1.29, 1.82) is 0 Å². The smallest absolute Gasteiger partial charge is 0.417 e. The van der Waals surface area contributed by atoms with Crippen LogP contribution in [-0.2, 0) is 12.6 Å². The number of alkyl halides is 3. The quantitative estimate of drug-likeness (QED) is 0.413. The molecule has 2 aromatic carbocycles. The molecular weight excluding hydrogens is 409 g/mol. The van der Waals surface area contributed by atoms with Gasteiger partial charge in [0.15, 0.2) is 5.11 Å². The first kappa shape index (κ1) is 22.3. The summed E-state index contributed by atoms with van der Waals surface area (Å²) in [6.07, 6.45) is -2.71. The van der Waals surface area contributed by atoms with Gasteiger partial charge in [-0.05, 0) is 74.8 Å². The zero-order valence-electron chi connectivity index (χ0n) is 15.6. The minimum Gasteiger partial charge on any atom is -0.491 e. The fourth-order valence-corrected chi connectivity index (χ4v) is 2.94. The van der Waals surface area contributed by atoms with Gasteiger partial charge in [-0.25, -0.2) is 0 Å². The van der Waals surface area contributed by atoms with Crippen molar-refractivity contribution in [1.82, 2.24) is 5.32 Å². The van der Waals surface area contributed by atoms with Crippen LogP contribution in [0.1, 0.15) is 31.4 Å². The Kier molecular flexibility index (Phi) is 7.95. The largest absolute Gasteiger partial charge is 0.491 e. The summed E-state index contributed by atoms with van der Waals surface area (Å²) in [5.41, 5.74) is 0.506. The first-order valence-electron chi connectivity index (χ1n) is 8.82. The van der Waals surface area contributed by atoms with E-state index in [1.807, 2.05) is 38.1 Å². The van der Waals surface area contributed by atoms with Gasteiger partial charge < -0.3 is 15.4 Å². The molecule has 0 saturated carbocycles. The summed E-state index contributed by atoms with van der Waals surface area (Å²) >= 11 is 10.7. The van der Waals surface area contributed by atoms with Crippen molar-refractivity contribution >= 4 is 34.6 Å². The predicted octanol–water partition coefficient (Wildman–Crippen LogP) is 6.07. The Morgan fingerprint density at radius 1 is 1.14 bits per heavy atom. The highest BCUT2D eigenvalue weighted by molar-refractivity contribution is 7.80. The van der Waals surface area contributed by atoms with E-state index >= 15 is 0 Å². The maximum absolute atomic E-state index is 12.9. The zero-order chi connectivity index (χ0) is 20.7. The Bertz CT molecular complexity index is 795. The van der Waals surface area contributed by atoms with Crippen molar-refractivity contribution in [2.45, 2.75) is 39.0 Å². The van der Waals surface area contributed by atoms with E-state index in [1.165, 1.54) is 17.7 Å². The molecule has 0 unspecified atom stereocenters. The number of benzene rings is 2. The lowest BCUT2D eigenvalue weighted by molar-refractivity contribution is -0.137. The number of rotatable bonds is 7. The zero-order valence-corrected chi connectivity index (χ0v) is 17.1. The molecule has 2 aromatic rings. The van der Waals surface area contributed by atoms with Gasteiger partial charge >= 0.3 is 6.18 Å². The highest BCUT2D eigenvalue weighted by Gasteiger charge is 2.33. The van der Waals surface area contributed by atoms with Crippen LogP contribution in [0.25, 0.3) is 0 Å². The highest BCUT2D eigenvalue weighted by Crippen LogP contribution is 2.36. The molecular formula is C20H22ClF3N2OS. The van der Waals surface area contributed by atoms with Gasteiger partial charge in [-0.1, -0.05) is 23.7 Å². The van der Waals surface area contributed by atoms with Crippen molar-refractivity contribution in [2.75, 3.05) is 11.9 Å². The molecule has 0 aliphatic heterocycles. The minimum atomic E-state index is -4.51. The molecule has 0 spiro atoms. The molecule has 0 amide bonds. The van der Waals surface area contributed by atoms with Crippen LogP contribution in [0.5, 0.6) is 5.75 Å². The lowest BCUT2D eigenvalue weighted by Crippen LogP contribution is -2.29. The summed E-state index contributed by atoms with van der Waals surface area (Å²) in [6.45, 7) is 4.55. The fourth-order valence-electron chi connectivity index (χ4n) is 2.50. The molecule has 0 atom stereocenters. The van der Waals surface area contributed by atoms with E-state index in [0.29, 0.717) is 6.54 Å². The van der Waals surface area contributed by atoms with Gasteiger partial charge in [0, 0.05) is 12.2 Å². The number of hydrogen-bond acceptors (Lipinski definition) is 2. The number of thiocarbonyl (C=S) groups is 1. The third-order valence-electron chi connectivity index (χ3n) is 3.75. The molecule has 0 heterocycles. The molecule has 0 bridgehead atoms. The molecule has 0 aromatic heterocycles. The first-order valence-corrected chi connectivity index (χ1v) is 9.61. The standard InChI is InChI=1S/C20H22ClF3N2OS/c1-13(2)27-16-8-5-14(6-9-16)4-3-11-25-19(28)26-15-7-10-18(21)17(12-15)20(22,23)24/h5-10,12-13H,3-4,11H2,1-2H3,(H2,25,26,28). The Balaban J connectivity index is 1.77. The summed E-state index contributed by atoms with van der Waals surface area (Å²) < 4.78 is 44.3. The monoisotopic (exact) mass is 430 g/mol. The third kappa shape index (κ3) is 7.20. The summed E-state index contributed by atoms with van der Waals surface area (Å²) in [6, 6.07) is 11.5. The van der Waals surface area contributed by atoms with Crippen LogP contribution >= 0.6 is 23.8 Å². The molecule has 8 heteroatoms. The Morgan fingerprint density at radius 3 is 2.43 bits per heavy atom. The maximum Gasteiger partial charge on any atom is 0.417 e. The summed E-state index contributed by atoms with van der Waals surface area (Å²) in [5.74, 6) is 0.837. The second kappa shape index (κ2) is 9.98. The highest BCUT2D eigenvalue weighted by atomic mass is 35.5. The Labute approximate surface area is 173 Å². The normalized spacial score (nSPS) is 11.4. The van der Waals surface area contributed by atoms with Crippen LogP contribution in [0.15, 0.2) is 42.5 Å². The molecule has 0 aliphatic carbocycles. The van der Waals surface area contributed by atoms with E-state index in [9.17, 15) is 13.2 Å². The van der Waals surface area contributed by atoms with E-state index in [1.54, 1.807) is 0 Å². The van der Waals surface area contributed by atoms with Gasteiger partial charge in [-0.15, -0.1) is 0 Å². The average Bonchev–Trinajstić information content (AvgIpc) is 2.60. The summed E-state index contributed by atoms with van der Waals surface area (Å²) in [4.78, 5) is 0. The average molecular weight is 431 g/mol. The summed E-state index contributed by atoms with van der Waals surface area (Å²) in [5, 5.41) is 5.66. The topological polar surface area (TPSA) is 33.3 Å². The SMILES string of the molecule is CC(C)Oc1ccc(CCCNC(=S)Nc2ccc(Cl)c(C(F)(F)F)c2)cc1. The Morgan fingerprint density at radius 2 is 1.82 bits per heavy atom. The van der Waals surface area contributed by atoms with E-state index < -0.39 is 11.7 Å². The van der Waals surface area contributed by atoms with Crippen LogP contribution < -0.4 is 15.4 Å². The van der Waals surface area contributed by atoms with Gasteiger partial charge in [0.2, 0.25) is 0 Å². The number of hydrogen-bond donors (Lipinski definition) is 2. The maximum atomic E-state index is 12.9.